The Morgan fingerprint density at radius 1 is 1.38 bits per heavy atom. The Kier molecular flexibility index (Phi) is 5.32. The molecule has 0 atom stereocenters. The van der Waals surface area contributed by atoms with Gasteiger partial charge in [-0.2, -0.15) is 0 Å². The molecule has 2 N–H and O–H groups in total. The first-order valence-corrected chi connectivity index (χ1v) is 6.64. The summed E-state index contributed by atoms with van der Waals surface area (Å²) in [7, 11) is 1.14. The number of rotatable bonds is 6. The van der Waals surface area contributed by atoms with Gasteiger partial charge in [0.15, 0.2) is 5.82 Å². The number of hydrogen-bond donors (Lipinski definition) is 2. The molecule has 0 spiro atoms. The highest BCUT2D eigenvalue weighted by Gasteiger charge is 2.22. The number of hydrogen-bond acceptors (Lipinski definition) is 5. The lowest BCUT2D eigenvalue weighted by molar-refractivity contribution is -0.105. The van der Waals surface area contributed by atoms with E-state index in [0.29, 0.717) is 5.69 Å². The van der Waals surface area contributed by atoms with Crippen LogP contribution in [0.1, 0.15) is 10.4 Å². The topological polar surface area (TPSA) is 116 Å². The van der Waals surface area contributed by atoms with Crippen molar-refractivity contribution in [2.24, 2.45) is 5.11 Å². The van der Waals surface area contributed by atoms with Crippen LogP contribution in [0.2, 0.25) is 0 Å². The fourth-order valence-electron chi connectivity index (χ4n) is 2.01. The lowest BCUT2D eigenvalue weighted by Gasteiger charge is -2.16. The minimum atomic E-state index is -0.996. The highest BCUT2D eigenvalue weighted by atomic mass is 19.1. The Hall–Kier alpha value is -3.58. The summed E-state index contributed by atoms with van der Waals surface area (Å²) >= 11 is 0. The molecular weight excluding hydrogens is 317 g/mol. The second kappa shape index (κ2) is 7.61. The quantitative estimate of drug-likeness (QED) is 0.275. The number of carbonyl (C=O) groups is 2. The Balaban J connectivity index is 2.69. The van der Waals surface area contributed by atoms with Crippen molar-refractivity contribution in [2.45, 2.75) is 0 Å². The number of para-hydroxylation sites is 1. The summed E-state index contributed by atoms with van der Waals surface area (Å²) in [5, 5.41) is 8.19. The van der Waals surface area contributed by atoms with Crippen LogP contribution in [0.3, 0.4) is 0 Å². The monoisotopic (exact) mass is 329 g/mol. The molecule has 0 heterocycles. The number of amides is 1. The van der Waals surface area contributed by atoms with Gasteiger partial charge in [-0.1, -0.05) is 23.3 Å². The van der Waals surface area contributed by atoms with Crippen molar-refractivity contribution in [3.63, 3.8) is 0 Å². The molecule has 0 aliphatic carbocycles. The molecule has 0 aromatic heterocycles. The molecule has 8 nitrogen and oxygen atoms in total. The molecule has 0 unspecified atom stereocenters. The van der Waals surface area contributed by atoms with Crippen molar-refractivity contribution >= 4 is 35.1 Å². The van der Waals surface area contributed by atoms with Gasteiger partial charge in [-0.05, 0) is 23.7 Å². The third-order valence-electron chi connectivity index (χ3n) is 3.05. The summed E-state index contributed by atoms with van der Waals surface area (Å²) in [6.07, 6.45) is 0.274. The van der Waals surface area contributed by atoms with Gasteiger partial charge in [0.05, 0.1) is 29.7 Å². The molecule has 0 saturated carbocycles. The molecule has 0 aliphatic heterocycles. The highest BCUT2D eigenvalue weighted by molar-refractivity contribution is 6.00. The van der Waals surface area contributed by atoms with Crippen LogP contribution in [0.25, 0.3) is 10.4 Å². The summed E-state index contributed by atoms with van der Waals surface area (Å²) in [6.45, 7) is 0. The normalized spacial score (nSPS) is 9.58. The summed E-state index contributed by atoms with van der Waals surface area (Å²) in [5.74, 6) is -1.82. The van der Waals surface area contributed by atoms with Crippen LogP contribution >= 0.6 is 0 Å². The standard InChI is InChI=1S/C15H12FN5O3/c1-24-15(23)10-7-11(18-8-22)14(20-21-17)12(16)13(10)19-9-5-3-2-4-6-9/h2-8,19H,1H3,(H,18,22). The Labute approximate surface area is 135 Å². The zero-order valence-corrected chi connectivity index (χ0v) is 12.5. The molecular formula is C15H12FN5O3. The third kappa shape index (κ3) is 3.42. The maximum Gasteiger partial charge on any atom is 0.340 e. The number of methoxy groups -OCH3 is 1. The van der Waals surface area contributed by atoms with Crippen LogP contribution in [0.15, 0.2) is 41.5 Å². The Morgan fingerprint density at radius 2 is 2.08 bits per heavy atom. The number of nitrogens with one attached hydrogen (secondary N) is 2. The molecule has 2 aromatic rings. The van der Waals surface area contributed by atoms with Crippen molar-refractivity contribution in [2.75, 3.05) is 17.7 Å². The lowest BCUT2D eigenvalue weighted by Crippen LogP contribution is -2.09. The first kappa shape index (κ1) is 16.8. The van der Waals surface area contributed by atoms with Crippen molar-refractivity contribution < 1.29 is 18.7 Å². The number of carbonyl (C=O) groups excluding carboxylic acids is 2. The van der Waals surface area contributed by atoms with E-state index < -0.39 is 17.5 Å². The summed E-state index contributed by atoms with van der Waals surface area (Å²) in [5.41, 5.74) is 8.11. The molecule has 0 radical (unpaired) electrons. The second-order valence-corrected chi connectivity index (χ2v) is 4.44. The number of halogens is 1. The van der Waals surface area contributed by atoms with Gasteiger partial charge < -0.3 is 15.4 Å². The smallest absolute Gasteiger partial charge is 0.340 e. The van der Waals surface area contributed by atoms with E-state index in [0.717, 1.165) is 7.11 Å². The molecule has 0 bridgehead atoms. The molecule has 2 rings (SSSR count). The van der Waals surface area contributed by atoms with Gasteiger partial charge in [0.25, 0.3) is 0 Å². The number of anilines is 3. The maximum atomic E-state index is 14.8. The van der Waals surface area contributed by atoms with E-state index in [4.69, 9.17) is 5.53 Å². The van der Waals surface area contributed by atoms with Crippen LogP contribution in [0.5, 0.6) is 0 Å². The number of benzene rings is 2. The predicted molar refractivity (Wildman–Crippen MR) is 86.0 cm³/mol. The van der Waals surface area contributed by atoms with Gasteiger partial charge in [-0.25, -0.2) is 9.18 Å². The molecule has 9 heteroatoms. The largest absolute Gasteiger partial charge is 0.465 e. The number of ether oxygens (including phenoxy) is 1. The van der Waals surface area contributed by atoms with E-state index >= 15 is 0 Å². The molecule has 0 saturated heterocycles. The van der Waals surface area contributed by atoms with E-state index in [-0.39, 0.29) is 23.3 Å². The molecule has 24 heavy (non-hydrogen) atoms. The minimum Gasteiger partial charge on any atom is -0.465 e. The minimum absolute atomic E-state index is 0.153. The summed E-state index contributed by atoms with van der Waals surface area (Å²) in [4.78, 5) is 25.2. The summed E-state index contributed by atoms with van der Waals surface area (Å²) < 4.78 is 19.4. The Morgan fingerprint density at radius 3 is 2.67 bits per heavy atom. The van der Waals surface area contributed by atoms with E-state index in [1.54, 1.807) is 30.3 Å². The third-order valence-corrected chi connectivity index (χ3v) is 3.05. The average molecular weight is 329 g/mol. The van der Waals surface area contributed by atoms with E-state index in [1.807, 2.05) is 0 Å². The van der Waals surface area contributed by atoms with Crippen LogP contribution in [-0.2, 0) is 9.53 Å². The van der Waals surface area contributed by atoms with Gasteiger partial charge in [0.2, 0.25) is 6.41 Å². The number of esters is 1. The van der Waals surface area contributed by atoms with Crippen molar-refractivity contribution in [1.29, 1.82) is 0 Å². The molecule has 2 aromatic carbocycles. The van der Waals surface area contributed by atoms with Crippen molar-refractivity contribution in [1.82, 2.24) is 0 Å². The SMILES string of the molecule is COC(=O)c1cc(NC=O)c(N=[N+]=[N-])c(F)c1Nc1ccccc1. The average Bonchev–Trinajstić information content (AvgIpc) is 2.60. The van der Waals surface area contributed by atoms with Crippen LogP contribution < -0.4 is 10.6 Å². The van der Waals surface area contributed by atoms with Crippen LogP contribution in [0, 0.1) is 5.82 Å². The molecule has 1 amide bonds. The highest BCUT2D eigenvalue weighted by Crippen LogP contribution is 2.38. The maximum absolute atomic E-state index is 14.8. The number of nitrogens with zero attached hydrogens (tertiary/aromatic N) is 3. The zero-order valence-electron chi connectivity index (χ0n) is 12.5. The first-order chi connectivity index (χ1) is 11.6. The first-order valence-electron chi connectivity index (χ1n) is 6.64. The fourth-order valence-corrected chi connectivity index (χ4v) is 2.01. The Bertz CT molecular complexity index is 820. The van der Waals surface area contributed by atoms with E-state index in [2.05, 4.69) is 25.4 Å². The molecule has 122 valence electrons. The second-order valence-electron chi connectivity index (χ2n) is 4.44. The fraction of sp³-hybridized carbons (Fsp3) is 0.0667. The van der Waals surface area contributed by atoms with Gasteiger partial charge >= 0.3 is 5.97 Å². The van der Waals surface area contributed by atoms with Gasteiger partial charge in [-0.15, -0.1) is 0 Å². The molecule has 0 aliphatic rings. The van der Waals surface area contributed by atoms with Crippen LogP contribution in [-0.4, -0.2) is 19.5 Å². The van der Waals surface area contributed by atoms with Crippen LogP contribution in [0.4, 0.5) is 27.1 Å². The van der Waals surface area contributed by atoms with Crippen molar-refractivity contribution in [3.05, 3.63) is 58.2 Å². The van der Waals surface area contributed by atoms with Gasteiger partial charge in [0, 0.05) is 10.6 Å². The molecule has 0 fully saturated rings. The van der Waals surface area contributed by atoms with E-state index in [9.17, 15) is 14.0 Å². The van der Waals surface area contributed by atoms with Crippen molar-refractivity contribution in [3.8, 4) is 0 Å². The van der Waals surface area contributed by atoms with Gasteiger partial charge in [0.1, 0.15) is 0 Å². The predicted octanol–water partition coefficient (Wildman–Crippen LogP) is 3.87. The summed E-state index contributed by atoms with van der Waals surface area (Å²) in [6, 6.07) is 9.68. The zero-order chi connectivity index (χ0) is 17.5. The van der Waals surface area contributed by atoms with E-state index in [1.165, 1.54) is 6.07 Å². The van der Waals surface area contributed by atoms with Gasteiger partial charge in [-0.3, -0.25) is 4.79 Å². The number of azide groups is 1. The lowest BCUT2D eigenvalue weighted by atomic mass is 10.1.